The highest BCUT2D eigenvalue weighted by atomic mass is 28.4. The number of hydrogen-bond acceptors (Lipinski definition) is 6. The molecule has 0 N–H and O–H groups in total. The van der Waals surface area contributed by atoms with Gasteiger partial charge in [-0.05, 0) is 118 Å². The zero-order chi connectivity index (χ0) is 29.0. The van der Waals surface area contributed by atoms with Gasteiger partial charge in [-0.2, -0.15) is 0 Å². The lowest BCUT2D eigenvalue weighted by molar-refractivity contribution is -0.0958. The molecule has 0 rings (SSSR count). The molecule has 0 radical (unpaired) electrons. The van der Waals surface area contributed by atoms with E-state index in [1.54, 1.807) is 0 Å². The Kier molecular flexibility index (Phi) is 14.0. The van der Waals surface area contributed by atoms with E-state index in [4.69, 9.17) is 26.6 Å². The van der Waals surface area contributed by atoms with Gasteiger partial charge in [-0.15, -0.1) is 0 Å². The third-order valence-electron chi connectivity index (χ3n) is 4.41. The summed E-state index contributed by atoms with van der Waals surface area (Å²) in [6.07, 6.45) is -1.04. The van der Waals surface area contributed by atoms with Crippen molar-refractivity contribution >= 4 is 49.9 Å². The fourth-order valence-electron chi connectivity index (χ4n) is 3.49. The maximum Gasteiger partial charge on any atom is 0.184 e. The summed E-state index contributed by atoms with van der Waals surface area (Å²) in [6.45, 7) is 41.2. The van der Waals surface area contributed by atoms with Crippen LogP contribution in [0.1, 0.15) is 0 Å². The van der Waals surface area contributed by atoms with Crippen molar-refractivity contribution in [3.63, 3.8) is 0 Å². The lowest BCUT2D eigenvalue weighted by Crippen LogP contribution is -2.60. The topological polar surface area (TPSA) is 55.4 Å². The lowest BCUT2D eigenvalue weighted by atomic mass is 10.0. The summed E-state index contributed by atoms with van der Waals surface area (Å²) >= 11 is 0. The van der Waals surface area contributed by atoms with Crippen molar-refractivity contribution < 1.29 is 26.6 Å². The minimum absolute atomic E-state index is 0.226. The smallest absolute Gasteiger partial charge is 0.184 e. The van der Waals surface area contributed by atoms with Crippen LogP contribution in [-0.4, -0.2) is 87.5 Å². The second-order valence-electron chi connectivity index (χ2n) is 15.8. The predicted octanol–water partition coefficient (Wildman–Crippen LogP) is 7.57. The summed E-state index contributed by atoms with van der Waals surface area (Å²) < 4.78 is 40.7. The quantitative estimate of drug-likeness (QED) is 0.158. The fraction of sp³-hybridized carbons (Fsp3) is 1.00. The van der Waals surface area contributed by atoms with Gasteiger partial charge in [0, 0.05) is 0 Å². The molecule has 0 aliphatic rings. The average Bonchev–Trinajstić information content (AvgIpc) is 2.53. The molecule has 0 saturated carbocycles. The third kappa shape index (κ3) is 20.0. The molecule has 0 aromatic heterocycles. The van der Waals surface area contributed by atoms with E-state index in [0.29, 0.717) is 13.2 Å². The van der Waals surface area contributed by atoms with E-state index in [0.717, 1.165) is 0 Å². The highest BCUT2D eigenvalue weighted by Gasteiger charge is 2.45. The van der Waals surface area contributed by atoms with Crippen LogP contribution >= 0.6 is 0 Å². The van der Waals surface area contributed by atoms with Crippen molar-refractivity contribution in [2.75, 3.05) is 13.2 Å². The first-order valence-corrected chi connectivity index (χ1v) is 34.0. The second-order valence-corrected chi connectivity index (χ2v) is 42.6. The second kappa shape index (κ2) is 13.6. The van der Waals surface area contributed by atoms with Gasteiger partial charge >= 0.3 is 0 Å². The molecule has 0 spiro atoms. The Hall–Kier alpha value is 1.06. The molecule has 0 saturated heterocycles. The molecule has 12 heteroatoms. The number of rotatable bonds is 17. The van der Waals surface area contributed by atoms with E-state index in [2.05, 4.69) is 118 Å². The fourth-order valence-corrected chi connectivity index (χ4v) is 9.24. The van der Waals surface area contributed by atoms with Crippen LogP contribution in [-0.2, 0) is 26.6 Å². The van der Waals surface area contributed by atoms with Crippen molar-refractivity contribution in [2.45, 2.75) is 142 Å². The van der Waals surface area contributed by atoms with Crippen molar-refractivity contribution in [1.82, 2.24) is 0 Å². The highest BCUT2D eigenvalue weighted by molar-refractivity contribution is 6.71. The first kappa shape index (κ1) is 37.1. The minimum atomic E-state index is -1.99. The molecular weight excluding hydrogens is 553 g/mol. The zero-order valence-electron chi connectivity index (χ0n) is 27.2. The first-order chi connectivity index (χ1) is 15.6. The minimum Gasteiger partial charge on any atom is -0.415 e. The van der Waals surface area contributed by atoms with Gasteiger partial charge in [-0.3, -0.25) is 0 Å². The van der Waals surface area contributed by atoms with Crippen LogP contribution in [0.3, 0.4) is 0 Å². The van der Waals surface area contributed by atoms with E-state index < -0.39 is 49.9 Å². The number of hydrogen-bond donors (Lipinski definition) is 0. The van der Waals surface area contributed by atoms with Crippen LogP contribution in [0, 0.1) is 0 Å². The normalized spacial score (nSPS) is 18.2. The van der Waals surface area contributed by atoms with Crippen molar-refractivity contribution in [1.29, 1.82) is 0 Å². The monoisotopic (exact) mass is 614 g/mol. The predicted molar refractivity (Wildman–Crippen MR) is 171 cm³/mol. The van der Waals surface area contributed by atoms with Gasteiger partial charge in [0.05, 0.1) is 37.6 Å². The van der Waals surface area contributed by atoms with Gasteiger partial charge in [-0.1, -0.05) is 0 Å². The molecule has 0 aliphatic heterocycles. The molecule has 0 unspecified atom stereocenters. The average molecular weight is 615 g/mol. The van der Waals surface area contributed by atoms with Gasteiger partial charge in [0.15, 0.2) is 49.9 Å². The van der Waals surface area contributed by atoms with Crippen molar-refractivity contribution in [3.8, 4) is 0 Å². The molecule has 0 aromatic carbocycles. The summed E-state index contributed by atoms with van der Waals surface area (Å²) in [6, 6.07) is 0. The molecule has 0 aromatic rings. The van der Waals surface area contributed by atoms with E-state index in [9.17, 15) is 0 Å². The summed E-state index contributed by atoms with van der Waals surface area (Å²) in [7, 11) is -11.4. The maximum atomic E-state index is 7.01. The van der Waals surface area contributed by atoms with Crippen LogP contribution in [0.2, 0.25) is 118 Å². The molecule has 0 heterocycles. The van der Waals surface area contributed by atoms with Crippen LogP contribution in [0.25, 0.3) is 0 Å². The van der Waals surface area contributed by atoms with E-state index >= 15 is 0 Å². The van der Waals surface area contributed by atoms with Crippen LogP contribution in [0.5, 0.6) is 0 Å². The molecule has 0 amide bonds. The van der Waals surface area contributed by atoms with Crippen LogP contribution in [0.4, 0.5) is 0 Å². The third-order valence-corrected chi connectivity index (χ3v) is 10.5. The summed E-state index contributed by atoms with van der Waals surface area (Å²) in [5.41, 5.74) is 0. The first-order valence-electron chi connectivity index (χ1n) is 13.6. The molecular formula is C24H62O6Si6. The summed E-state index contributed by atoms with van der Waals surface area (Å²) in [5.74, 6) is 0. The maximum absolute atomic E-state index is 7.01. The lowest BCUT2D eigenvalue weighted by Gasteiger charge is -2.46. The van der Waals surface area contributed by atoms with Gasteiger partial charge in [0.1, 0.15) is 0 Å². The Labute approximate surface area is 231 Å². The van der Waals surface area contributed by atoms with Crippen molar-refractivity contribution in [3.05, 3.63) is 0 Å². The zero-order valence-corrected chi connectivity index (χ0v) is 33.2. The van der Waals surface area contributed by atoms with E-state index in [1.165, 1.54) is 0 Å². The summed E-state index contributed by atoms with van der Waals surface area (Å²) in [5, 5.41) is 0. The molecule has 218 valence electrons. The van der Waals surface area contributed by atoms with Crippen molar-refractivity contribution in [2.24, 2.45) is 0 Å². The molecule has 4 atom stereocenters. The van der Waals surface area contributed by atoms with Crippen LogP contribution < -0.4 is 0 Å². The largest absolute Gasteiger partial charge is 0.415 e. The molecule has 0 aliphatic carbocycles. The standard InChI is InChI=1S/C24H62O6Si6/c1-31(2,3)25-19-21(27-33(7,8)9)23(29-35(13,14)15)24(30-36(16,17)18)22(28-34(10,11)12)20-26-32(4,5)6/h21-24H,19-20H2,1-18H3/t21-,22+,23+,24-. The Morgan fingerprint density at radius 1 is 0.333 bits per heavy atom. The molecule has 6 nitrogen and oxygen atoms in total. The Morgan fingerprint density at radius 3 is 0.722 bits per heavy atom. The van der Waals surface area contributed by atoms with Gasteiger partial charge in [0.25, 0.3) is 0 Å². The SMILES string of the molecule is C[Si](C)(C)OC[C@H](O[Si](C)(C)C)[C@@H](O[Si](C)(C)C)[C@@H](O[Si](C)(C)C)[C@@H](CO[Si](C)(C)C)O[Si](C)(C)C. The Morgan fingerprint density at radius 2 is 0.556 bits per heavy atom. The Balaban J connectivity index is 6.80. The van der Waals surface area contributed by atoms with E-state index in [1.807, 2.05) is 0 Å². The van der Waals surface area contributed by atoms with Crippen LogP contribution in [0.15, 0.2) is 0 Å². The van der Waals surface area contributed by atoms with Gasteiger partial charge in [-0.25, -0.2) is 0 Å². The summed E-state index contributed by atoms with van der Waals surface area (Å²) in [4.78, 5) is 0. The molecule has 36 heavy (non-hydrogen) atoms. The Bertz CT molecular complexity index is 582. The molecule has 0 fully saturated rings. The van der Waals surface area contributed by atoms with Gasteiger partial charge < -0.3 is 26.6 Å². The molecule has 0 bridgehead atoms. The van der Waals surface area contributed by atoms with Gasteiger partial charge in [0.2, 0.25) is 0 Å². The highest BCUT2D eigenvalue weighted by Crippen LogP contribution is 2.29. The van der Waals surface area contributed by atoms with E-state index in [-0.39, 0.29) is 24.4 Å².